The van der Waals surface area contributed by atoms with Gasteiger partial charge in [-0.1, -0.05) is 18.2 Å². The number of aliphatic hydroxyl groups is 1. The molecule has 128 valence electrons. The van der Waals surface area contributed by atoms with Crippen LogP contribution >= 0.6 is 0 Å². The maximum absolute atomic E-state index is 13.0. The predicted octanol–water partition coefficient (Wildman–Crippen LogP) is 2.80. The molecular weight excluding hydrogens is 309 g/mol. The van der Waals surface area contributed by atoms with E-state index in [9.17, 15) is 23.1 Å². The van der Waals surface area contributed by atoms with Crippen molar-refractivity contribution in [3.05, 3.63) is 35.4 Å². The maximum Gasteiger partial charge on any atom is 0.416 e. The monoisotopic (exact) mass is 330 g/mol. The average molecular weight is 330 g/mol. The van der Waals surface area contributed by atoms with Gasteiger partial charge in [-0.05, 0) is 37.8 Å². The van der Waals surface area contributed by atoms with E-state index < -0.39 is 17.8 Å². The van der Waals surface area contributed by atoms with Crippen LogP contribution in [-0.4, -0.2) is 41.3 Å². The third kappa shape index (κ3) is 4.37. The zero-order valence-corrected chi connectivity index (χ0v) is 12.9. The quantitative estimate of drug-likeness (QED) is 0.892. The molecule has 1 heterocycles. The molecule has 1 aromatic carbocycles. The first-order valence-corrected chi connectivity index (χ1v) is 7.66. The highest BCUT2D eigenvalue weighted by atomic mass is 19.4. The molecule has 2 rings (SSSR count). The topological polar surface area (TPSA) is 52.6 Å². The van der Waals surface area contributed by atoms with E-state index in [1.807, 2.05) is 0 Å². The molecule has 0 aromatic heterocycles. The van der Waals surface area contributed by atoms with Crippen LogP contribution in [0.25, 0.3) is 0 Å². The van der Waals surface area contributed by atoms with Crippen LogP contribution in [0.4, 0.5) is 18.0 Å². The summed E-state index contributed by atoms with van der Waals surface area (Å²) in [6.45, 7) is 2.14. The van der Waals surface area contributed by atoms with Gasteiger partial charge in [-0.15, -0.1) is 0 Å². The minimum atomic E-state index is -4.41. The van der Waals surface area contributed by atoms with Crippen LogP contribution in [0.2, 0.25) is 0 Å². The summed E-state index contributed by atoms with van der Waals surface area (Å²) in [5.74, 6) is 0. The Morgan fingerprint density at radius 3 is 2.78 bits per heavy atom. The van der Waals surface area contributed by atoms with Gasteiger partial charge in [0, 0.05) is 12.6 Å². The molecule has 23 heavy (non-hydrogen) atoms. The van der Waals surface area contributed by atoms with Gasteiger partial charge in [-0.25, -0.2) is 4.79 Å². The van der Waals surface area contributed by atoms with Crippen LogP contribution in [-0.2, 0) is 12.6 Å². The van der Waals surface area contributed by atoms with Crippen molar-refractivity contribution in [2.24, 2.45) is 0 Å². The molecule has 7 heteroatoms. The van der Waals surface area contributed by atoms with Gasteiger partial charge >= 0.3 is 12.2 Å². The minimum Gasteiger partial charge on any atom is -0.394 e. The van der Waals surface area contributed by atoms with Crippen LogP contribution in [0.15, 0.2) is 24.3 Å². The lowest BCUT2D eigenvalue weighted by Gasteiger charge is -2.26. The van der Waals surface area contributed by atoms with E-state index in [1.165, 1.54) is 12.1 Å². The van der Waals surface area contributed by atoms with Crippen molar-refractivity contribution in [2.45, 2.75) is 44.4 Å². The Balaban J connectivity index is 2.00. The van der Waals surface area contributed by atoms with E-state index in [0.717, 1.165) is 18.9 Å². The third-order valence-electron chi connectivity index (χ3n) is 4.07. The molecule has 0 saturated carbocycles. The molecule has 1 saturated heterocycles. The summed E-state index contributed by atoms with van der Waals surface area (Å²) >= 11 is 0. The molecular formula is C16H21F3N2O2. The summed E-state index contributed by atoms with van der Waals surface area (Å²) in [5.41, 5.74) is -0.511. The largest absolute Gasteiger partial charge is 0.416 e. The lowest BCUT2D eigenvalue weighted by atomic mass is 10.0. The van der Waals surface area contributed by atoms with Gasteiger partial charge in [0.05, 0.1) is 18.2 Å². The molecule has 0 unspecified atom stereocenters. The second kappa shape index (κ2) is 7.21. The van der Waals surface area contributed by atoms with E-state index in [2.05, 4.69) is 5.32 Å². The number of aliphatic hydroxyl groups excluding tert-OH is 1. The number of hydrogen-bond donors (Lipinski definition) is 2. The van der Waals surface area contributed by atoms with Gasteiger partial charge in [0.25, 0.3) is 0 Å². The number of benzene rings is 1. The summed E-state index contributed by atoms with van der Waals surface area (Å²) in [6, 6.07) is 4.41. The number of carbonyl (C=O) groups is 1. The van der Waals surface area contributed by atoms with E-state index in [-0.39, 0.29) is 30.7 Å². The molecule has 1 aliphatic heterocycles. The summed E-state index contributed by atoms with van der Waals surface area (Å²) in [4.78, 5) is 13.7. The Morgan fingerprint density at radius 1 is 1.43 bits per heavy atom. The standard InChI is InChI=1S/C16H21F3N2O2/c1-11(20-15(23)21-8-4-6-13(21)10-22)9-12-5-2-3-7-14(12)16(17,18)19/h2-3,5,7,11,13,22H,4,6,8-10H2,1H3,(H,20,23)/t11-,13+/m0/s1. The summed E-state index contributed by atoms with van der Waals surface area (Å²) in [5, 5.41) is 12.0. The highest BCUT2D eigenvalue weighted by Gasteiger charge is 2.33. The minimum absolute atomic E-state index is 0.0963. The van der Waals surface area contributed by atoms with Gasteiger partial charge in [-0.2, -0.15) is 13.2 Å². The summed E-state index contributed by atoms with van der Waals surface area (Å²) in [6.07, 6.45) is -2.74. The molecule has 1 aliphatic rings. The van der Waals surface area contributed by atoms with Crippen molar-refractivity contribution in [2.75, 3.05) is 13.2 Å². The highest BCUT2D eigenvalue weighted by Crippen LogP contribution is 2.32. The van der Waals surface area contributed by atoms with Crippen LogP contribution in [0, 0.1) is 0 Å². The number of rotatable bonds is 4. The number of alkyl halides is 3. The van der Waals surface area contributed by atoms with Crippen molar-refractivity contribution in [1.29, 1.82) is 0 Å². The van der Waals surface area contributed by atoms with E-state index in [0.29, 0.717) is 6.54 Å². The number of amides is 2. The molecule has 2 N–H and O–H groups in total. The first-order chi connectivity index (χ1) is 10.8. The number of carbonyl (C=O) groups excluding carboxylic acids is 1. The van der Waals surface area contributed by atoms with Gasteiger partial charge in [-0.3, -0.25) is 0 Å². The maximum atomic E-state index is 13.0. The van der Waals surface area contributed by atoms with Crippen molar-refractivity contribution in [1.82, 2.24) is 10.2 Å². The fourth-order valence-corrected chi connectivity index (χ4v) is 2.94. The lowest BCUT2D eigenvalue weighted by molar-refractivity contribution is -0.138. The molecule has 0 aliphatic carbocycles. The van der Waals surface area contributed by atoms with Crippen LogP contribution < -0.4 is 5.32 Å². The van der Waals surface area contributed by atoms with Gasteiger partial charge in [0.15, 0.2) is 0 Å². The molecule has 0 bridgehead atoms. The number of likely N-dealkylation sites (tertiary alicyclic amines) is 1. The third-order valence-corrected chi connectivity index (χ3v) is 4.07. The first-order valence-electron chi connectivity index (χ1n) is 7.66. The van der Waals surface area contributed by atoms with Gasteiger partial charge in [0.1, 0.15) is 0 Å². The van der Waals surface area contributed by atoms with Crippen LogP contribution in [0.5, 0.6) is 0 Å². The zero-order chi connectivity index (χ0) is 17.0. The summed E-state index contributed by atoms with van der Waals surface area (Å²) < 4.78 is 38.9. The van der Waals surface area contributed by atoms with Gasteiger partial charge in [0.2, 0.25) is 0 Å². The van der Waals surface area contributed by atoms with E-state index in [4.69, 9.17) is 0 Å². The molecule has 1 aromatic rings. The molecule has 2 atom stereocenters. The van der Waals surface area contributed by atoms with E-state index >= 15 is 0 Å². The Labute approximate surface area is 133 Å². The molecule has 1 fully saturated rings. The first kappa shape index (κ1) is 17.6. The average Bonchev–Trinajstić information content (AvgIpc) is 2.95. The second-order valence-corrected chi connectivity index (χ2v) is 5.88. The number of urea groups is 1. The Kier molecular flexibility index (Phi) is 5.51. The summed E-state index contributed by atoms with van der Waals surface area (Å²) in [7, 11) is 0. The van der Waals surface area contributed by atoms with Crippen molar-refractivity contribution < 1.29 is 23.1 Å². The van der Waals surface area contributed by atoms with Crippen LogP contribution in [0.3, 0.4) is 0 Å². The van der Waals surface area contributed by atoms with E-state index in [1.54, 1.807) is 17.9 Å². The smallest absolute Gasteiger partial charge is 0.394 e. The number of hydrogen-bond acceptors (Lipinski definition) is 2. The second-order valence-electron chi connectivity index (χ2n) is 5.88. The number of nitrogens with one attached hydrogen (secondary N) is 1. The number of halogens is 3. The molecule has 0 radical (unpaired) electrons. The predicted molar refractivity (Wildman–Crippen MR) is 80.0 cm³/mol. The molecule has 4 nitrogen and oxygen atoms in total. The molecule has 2 amide bonds. The van der Waals surface area contributed by atoms with Crippen molar-refractivity contribution >= 4 is 6.03 Å². The lowest BCUT2D eigenvalue weighted by Crippen LogP contribution is -2.47. The molecule has 0 spiro atoms. The Morgan fingerprint density at radius 2 is 2.13 bits per heavy atom. The van der Waals surface area contributed by atoms with Crippen LogP contribution in [0.1, 0.15) is 30.9 Å². The Hall–Kier alpha value is -1.76. The normalized spacial score (nSPS) is 19.7. The Bertz CT molecular complexity index is 548. The SMILES string of the molecule is C[C@@H](Cc1ccccc1C(F)(F)F)NC(=O)N1CCC[C@@H]1CO. The van der Waals surface area contributed by atoms with Crippen molar-refractivity contribution in [3.8, 4) is 0 Å². The zero-order valence-electron chi connectivity index (χ0n) is 12.9. The number of nitrogens with zero attached hydrogens (tertiary/aromatic N) is 1. The fraction of sp³-hybridized carbons (Fsp3) is 0.562. The van der Waals surface area contributed by atoms with Gasteiger partial charge < -0.3 is 15.3 Å². The fourth-order valence-electron chi connectivity index (χ4n) is 2.94. The van der Waals surface area contributed by atoms with Crippen molar-refractivity contribution in [3.63, 3.8) is 0 Å². The highest BCUT2D eigenvalue weighted by molar-refractivity contribution is 5.75.